The molecule has 2 heterocycles. The molecule has 3 amide bonds. The number of imide groups is 1. The van der Waals surface area contributed by atoms with Crippen molar-refractivity contribution in [3.05, 3.63) is 64.7 Å². The van der Waals surface area contributed by atoms with Crippen molar-refractivity contribution in [2.45, 2.75) is 12.5 Å². The molecule has 25 heavy (non-hydrogen) atoms. The number of cyclic esters (lactones) is 1. The Bertz CT molecular complexity index is 950. The number of nitrogens with one attached hydrogen (secondary N) is 2. The van der Waals surface area contributed by atoms with E-state index in [0.29, 0.717) is 11.3 Å². The quantitative estimate of drug-likeness (QED) is 0.636. The van der Waals surface area contributed by atoms with E-state index in [9.17, 15) is 19.2 Å². The lowest BCUT2D eigenvalue weighted by Crippen LogP contribution is -2.38. The zero-order valence-corrected chi connectivity index (χ0v) is 12.9. The summed E-state index contributed by atoms with van der Waals surface area (Å²) in [5.41, 5.74) is 2.02. The molecule has 2 aromatic rings. The lowest BCUT2D eigenvalue weighted by Gasteiger charge is -2.23. The predicted molar refractivity (Wildman–Crippen MR) is 86.2 cm³/mol. The van der Waals surface area contributed by atoms with E-state index in [1.165, 1.54) is 18.2 Å². The summed E-state index contributed by atoms with van der Waals surface area (Å²) in [6.07, 6.45) is -0.677. The number of hydrogen-bond donors (Lipinski definition) is 2. The number of benzene rings is 2. The van der Waals surface area contributed by atoms with Crippen LogP contribution < -0.4 is 10.6 Å². The summed E-state index contributed by atoms with van der Waals surface area (Å²) < 4.78 is 5.19. The molecule has 2 N–H and O–H groups in total. The number of ether oxygens (including phenoxy) is 1. The van der Waals surface area contributed by atoms with Crippen molar-refractivity contribution < 1.29 is 23.9 Å². The topological polar surface area (TPSA) is 102 Å². The minimum Gasteiger partial charge on any atom is -0.448 e. The molecule has 2 aromatic carbocycles. The summed E-state index contributed by atoms with van der Waals surface area (Å²) >= 11 is 0. The second-order valence-corrected chi connectivity index (χ2v) is 5.79. The molecule has 0 radical (unpaired) electrons. The third-order valence-corrected chi connectivity index (χ3v) is 4.19. The second-order valence-electron chi connectivity index (χ2n) is 5.79. The number of carbonyl (C=O) groups is 4. The Balaban J connectivity index is 1.54. The summed E-state index contributed by atoms with van der Waals surface area (Å²) in [5.74, 6) is -2.00. The van der Waals surface area contributed by atoms with Gasteiger partial charge in [0.05, 0.1) is 16.7 Å². The number of esters is 1. The van der Waals surface area contributed by atoms with E-state index in [4.69, 9.17) is 4.74 Å². The van der Waals surface area contributed by atoms with Gasteiger partial charge in [-0.15, -0.1) is 0 Å². The average molecular weight is 336 g/mol. The SMILES string of the molecule is O=C1O[C@@H](C(=O)Nc2ccc3c(c2)C(=O)NC3=O)Cc2ccccc21. The second kappa shape index (κ2) is 5.55. The van der Waals surface area contributed by atoms with Crippen LogP contribution in [0.1, 0.15) is 36.6 Å². The van der Waals surface area contributed by atoms with Crippen LogP contribution in [-0.2, 0) is 16.0 Å². The summed E-state index contributed by atoms with van der Waals surface area (Å²) in [6, 6.07) is 11.4. The Labute approximate surface area is 142 Å². The van der Waals surface area contributed by atoms with Crippen LogP contribution in [0.4, 0.5) is 5.69 Å². The van der Waals surface area contributed by atoms with Crippen LogP contribution in [0.5, 0.6) is 0 Å². The molecule has 0 spiro atoms. The molecule has 2 aliphatic heterocycles. The van der Waals surface area contributed by atoms with Gasteiger partial charge in [-0.1, -0.05) is 18.2 Å². The van der Waals surface area contributed by atoms with Crippen molar-refractivity contribution in [2.24, 2.45) is 0 Å². The number of amides is 3. The molecule has 4 rings (SSSR count). The van der Waals surface area contributed by atoms with Gasteiger partial charge in [0.1, 0.15) is 0 Å². The van der Waals surface area contributed by atoms with Crippen molar-refractivity contribution in [1.82, 2.24) is 5.32 Å². The Morgan fingerprint density at radius 1 is 1.00 bits per heavy atom. The molecule has 0 bridgehead atoms. The van der Waals surface area contributed by atoms with Gasteiger partial charge >= 0.3 is 5.97 Å². The fraction of sp³-hybridized carbons (Fsp3) is 0.111. The van der Waals surface area contributed by atoms with E-state index in [1.54, 1.807) is 24.3 Å². The first-order valence-corrected chi connectivity index (χ1v) is 7.62. The van der Waals surface area contributed by atoms with Crippen LogP contribution >= 0.6 is 0 Å². The van der Waals surface area contributed by atoms with Gasteiger partial charge in [0.15, 0.2) is 6.10 Å². The molecule has 0 saturated heterocycles. The van der Waals surface area contributed by atoms with Crippen molar-refractivity contribution in [3.63, 3.8) is 0 Å². The highest BCUT2D eigenvalue weighted by Crippen LogP contribution is 2.23. The fourth-order valence-corrected chi connectivity index (χ4v) is 2.95. The third kappa shape index (κ3) is 2.55. The predicted octanol–water partition coefficient (Wildman–Crippen LogP) is 1.29. The molecule has 0 fully saturated rings. The lowest BCUT2D eigenvalue weighted by atomic mass is 9.98. The first-order chi connectivity index (χ1) is 12.0. The zero-order valence-electron chi connectivity index (χ0n) is 12.9. The van der Waals surface area contributed by atoms with Crippen LogP contribution in [0.25, 0.3) is 0 Å². The van der Waals surface area contributed by atoms with Gasteiger partial charge < -0.3 is 10.1 Å². The fourth-order valence-electron chi connectivity index (χ4n) is 2.95. The Kier molecular flexibility index (Phi) is 3.35. The molecular formula is C18H12N2O5. The molecule has 0 aliphatic carbocycles. The van der Waals surface area contributed by atoms with Gasteiger partial charge in [0.25, 0.3) is 17.7 Å². The van der Waals surface area contributed by atoms with Gasteiger partial charge in [-0.05, 0) is 29.8 Å². The van der Waals surface area contributed by atoms with E-state index in [1.807, 2.05) is 0 Å². The molecule has 124 valence electrons. The number of anilines is 1. The Hall–Kier alpha value is -3.48. The molecule has 7 nitrogen and oxygen atoms in total. The smallest absolute Gasteiger partial charge is 0.339 e. The van der Waals surface area contributed by atoms with Crippen molar-refractivity contribution in [1.29, 1.82) is 0 Å². The van der Waals surface area contributed by atoms with Crippen molar-refractivity contribution in [3.8, 4) is 0 Å². The highest BCUT2D eigenvalue weighted by Gasteiger charge is 2.32. The maximum absolute atomic E-state index is 12.4. The minimum atomic E-state index is -0.953. The summed E-state index contributed by atoms with van der Waals surface area (Å²) in [5, 5.41) is 4.80. The van der Waals surface area contributed by atoms with Gasteiger partial charge in [-0.2, -0.15) is 0 Å². The van der Waals surface area contributed by atoms with E-state index >= 15 is 0 Å². The van der Waals surface area contributed by atoms with E-state index in [-0.39, 0.29) is 17.5 Å². The highest BCUT2D eigenvalue weighted by molar-refractivity contribution is 6.22. The van der Waals surface area contributed by atoms with Crippen LogP contribution in [0.15, 0.2) is 42.5 Å². The van der Waals surface area contributed by atoms with Crippen LogP contribution in [0, 0.1) is 0 Å². The van der Waals surface area contributed by atoms with Gasteiger partial charge in [0.2, 0.25) is 0 Å². The number of hydrogen-bond acceptors (Lipinski definition) is 5. The van der Waals surface area contributed by atoms with Crippen LogP contribution in [0.3, 0.4) is 0 Å². The number of fused-ring (bicyclic) bond motifs is 2. The molecule has 2 aliphatic rings. The summed E-state index contributed by atoms with van der Waals surface area (Å²) in [4.78, 5) is 47.6. The van der Waals surface area contributed by atoms with Crippen molar-refractivity contribution in [2.75, 3.05) is 5.32 Å². The minimum absolute atomic E-state index is 0.203. The first kappa shape index (κ1) is 15.1. The van der Waals surface area contributed by atoms with Crippen LogP contribution in [0.2, 0.25) is 0 Å². The van der Waals surface area contributed by atoms with E-state index in [2.05, 4.69) is 10.6 Å². The highest BCUT2D eigenvalue weighted by atomic mass is 16.5. The molecule has 0 aromatic heterocycles. The third-order valence-electron chi connectivity index (χ3n) is 4.19. The molecule has 1 atom stereocenters. The zero-order chi connectivity index (χ0) is 17.6. The largest absolute Gasteiger partial charge is 0.448 e. The monoisotopic (exact) mass is 336 g/mol. The Morgan fingerprint density at radius 3 is 2.60 bits per heavy atom. The summed E-state index contributed by atoms with van der Waals surface area (Å²) in [6.45, 7) is 0. The average Bonchev–Trinajstić information content (AvgIpc) is 2.89. The number of carbonyl (C=O) groups excluding carboxylic acids is 4. The normalized spacial score (nSPS) is 18.1. The summed E-state index contributed by atoms with van der Waals surface area (Å²) in [7, 11) is 0. The molecule has 7 heteroatoms. The van der Waals surface area contributed by atoms with Crippen LogP contribution in [-0.4, -0.2) is 29.8 Å². The molecule has 0 unspecified atom stereocenters. The first-order valence-electron chi connectivity index (χ1n) is 7.62. The molecule has 0 saturated carbocycles. The maximum Gasteiger partial charge on any atom is 0.339 e. The lowest BCUT2D eigenvalue weighted by molar-refractivity contribution is -0.125. The molecular weight excluding hydrogens is 324 g/mol. The van der Waals surface area contributed by atoms with E-state index < -0.39 is 29.8 Å². The maximum atomic E-state index is 12.4. The number of rotatable bonds is 2. The van der Waals surface area contributed by atoms with E-state index in [0.717, 1.165) is 5.56 Å². The van der Waals surface area contributed by atoms with Gasteiger partial charge in [0, 0.05) is 12.1 Å². The van der Waals surface area contributed by atoms with Gasteiger partial charge in [-0.25, -0.2) is 4.79 Å². The Morgan fingerprint density at radius 2 is 1.76 bits per heavy atom. The standard InChI is InChI=1S/C18H12N2O5/c21-15-12-6-5-10(8-13(12)16(22)20-15)19-17(23)14-7-9-3-1-2-4-11(9)18(24)25-14/h1-6,8,14H,7H2,(H,19,23)(H,20,21,22)/t14-/m1/s1. The van der Waals surface area contributed by atoms with Gasteiger partial charge in [-0.3, -0.25) is 19.7 Å². The van der Waals surface area contributed by atoms with Crippen molar-refractivity contribution >= 4 is 29.4 Å².